The number of nitrogen functional groups attached to an aromatic ring is 1. The molecule has 16 heavy (non-hydrogen) atoms. The van der Waals surface area contributed by atoms with Crippen molar-refractivity contribution in [1.82, 2.24) is 10.3 Å². The number of rotatable bonds is 3. The van der Waals surface area contributed by atoms with Gasteiger partial charge in [-0.15, -0.1) is 0 Å². The highest BCUT2D eigenvalue weighted by atomic mass is 16.5. The van der Waals surface area contributed by atoms with Crippen LogP contribution in [-0.2, 0) is 4.74 Å². The van der Waals surface area contributed by atoms with Gasteiger partial charge in [-0.3, -0.25) is 15.6 Å². The number of pyridine rings is 1. The van der Waals surface area contributed by atoms with Gasteiger partial charge in [-0.1, -0.05) is 0 Å². The summed E-state index contributed by atoms with van der Waals surface area (Å²) >= 11 is 0. The van der Waals surface area contributed by atoms with E-state index in [9.17, 15) is 4.79 Å². The molecule has 2 heterocycles. The van der Waals surface area contributed by atoms with Gasteiger partial charge >= 0.3 is 0 Å². The number of hydrazine groups is 1. The van der Waals surface area contributed by atoms with E-state index in [4.69, 9.17) is 10.6 Å². The molecule has 1 aromatic rings. The van der Waals surface area contributed by atoms with Gasteiger partial charge in [0.1, 0.15) is 5.69 Å². The van der Waals surface area contributed by atoms with Crippen LogP contribution in [-0.4, -0.2) is 30.1 Å². The monoisotopic (exact) mass is 222 g/mol. The molecule has 1 saturated heterocycles. The van der Waals surface area contributed by atoms with Crippen LogP contribution in [0.3, 0.4) is 0 Å². The van der Waals surface area contributed by atoms with E-state index < -0.39 is 0 Å². The molecule has 0 aliphatic carbocycles. The van der Waals surface area contributed by atoms with Gasteiger partial charge in [0.2, 0.25) is 0 Å². The minimum absolute atomic E-state index is 0.0868. The van der Waals surface area contributed by atoms with E-state index in [2.05, 4.69) is 15.7 Å². The Morgan fingerprint density at radius 1 is 1.62 bits per heavy atom. The first-order chi connectivity index (χ1) is 7.79. The number of aromatic nitrogens is 1. The Morgan fingerprint density at radius 3 is 3.19 bits per heavy atom. The van der Waals surface area contributed by atoms with Crippen LogP contribution >= 0.6 is 0 Å². The molecule has 1 unspecified atom stereocenters. The highest BCUT2D eigenvalue weighted by Crippen LogP contribution is 2.08. The first-order valence-corrected chi connectivity index (χ1v) is 5.11. The fourth-order valence-electron chi connectivity index (χ4n) is 1.55. The minimum atomic E-state index is -0.201. The third kappa shape index (κ3) is 2.47. The van der Waals surface area contributed by atoms with Crippen LogP contribution in [0.4, 0.5) is 5.69 Å². The van der Waals surface area contributed by atoms with Crippen LogP contribution in [0, 0.1) is 0 Å². The summed E-state index contributed by atoms with van der Waals surface area (Å²) in [6.45, 7) is 1.27. The number of nitrogens with two attached hydrogens (primary N) is 1. The fraction of sp³-hybridized carbons (Fsp3) is 0.400. The Kier molecular flexibility index (Phi) is 3.33. The van der Waals surface area contributed by atoms with Crippen molar-refractivity contribution >= 4 is 11.6 Å². The molecule has 1 aromatic heterocycles. The van der Waals surface area contributed by atoms with Crippen molar-refractivity contribution in [3.63, 3.8) is 0 Å². The van der Waals surface area contributed by atoms with Crippen LogP contribution in [0.1, 0.15) is 16.9 Å². The summed E-state index contributed by atoms with van der Waals surface area (Å²) in [4.78, 5) is 15.8. The van der Waals surface area contributed by atoms with Crippen molar-refractivity contribution in [2.24, 2.45) is 5.84 Å². The number of anilines is 1. The van der Waals surface area contributed by atoms with Gasteiger partial charge < -0.3 is 15.5 Å². The van der Waals surface area contributed by atoms with E-state index in [1.165, 1.54) is 6.20 Å². The Bertz CT molecular complexity index is 377. The SMILES string of the molecule is NNc1ccnc(C(=O)NC2CCOC2)c1. The zero-order valence-electron chi connectivity index (χ0n) is 8.77. The van der Waals surface area contributed by atoms with Crippen LogP contribution in [0.15, 0.2) is 18.3 Å². The number of amides is 1. The number of hydrogen-bond donors (Lipinski definition) is 3. The van der Waals surface area contributed by atoms with Gasteiger partial charge in [0.25, 0.3) is 5.91 Å². The molecule has 0 bridgehead atoms. The normalized spacial score (nSPS) is 19.4. The predicted octanol–water partition coefficient (Wildman–Crippen LogP) is -0.114. The predicted molar refractivity (Wildman–Crippen MR) is 58.7 cm³/mol. The number of ether oxygens (including phenoxy) is 1. The molecule has 1 amide bonds. The number of hydrogen-bond acceptors (Lipinski definition) is 5. The molecule has 86 valence electrons. The number of nitrogens with zero attached hydrogens (tertiary/aromatic N) is 1. The smallest absolute Gasteiger partial charge is 0.270 e. The second kappa shape index (κ2) is 4.91. The van der Waals surface area contributed by atoms with Gasteiger partial charge in [-0.2, -0.15) is 0 Å². The minimum Gasteiger partial charge on any atom is -0.379 e. The van der Waals surface area contributed by atoms with Crippen LogP contribution < -0.4 is 16.6 Å². The summed E-state index contributed by atoms with van der Waals surface area (Å²) in [5.41, 5.74) is 3.48. The Hall–Kier alpha value is -1.66. The number of nitrogens with one attached hydrogen (secondary N) is 2. The maximum atomic E-state index is 11.8. The molecule has 1 aliphatic rings. The van der Waals surface area contributed by atoms with Crippen molar-refractivity contribution in [2.45, 2.75) is 12.5 Å². The van der Waals surface area contributed by atoms with Gasteiger partial charge in [-0.05, 0) is 18.6 Å². The molecular formula is C10H14N4O2. The molecule has 1 aliphatic heterocycles. The highest BCUT2D eigenvalue weighted by Gasteiger charge is 2.19. The van der Waals surface area contributed by atoms with E-state index in [0.29, 0.717) is 24.6 Å². The zero-order valence-corrected chi connectivity index (χ0v) is 8.77. The van der Waals surface area contributed by atoms with Crippen LogP contribution in [0.25, 0.3) is 0 Å². The topological polar surface area (TPSA) is 89.3 Å². The first-order valence-electron chi connectivity index (χ1n) is 5.11. The van der Waals surface area contributed by atoms with E-state index in [-0.39, 0.29) is 11.9 Å². The van der Waals surface area contributed by atoms with Crippen LogP contribution in [0.5, 0.6) is 0 Å². The Morgan fingerprint density at radius 2 is 2.50 bits per heavy atom. The molecule has 1 atom stereocenters. The van der Waals surface area contributed by atoms with Crippen molar-refractivity contribution in [3.05, 3.63) is 24.0 Å². The molecule has 0 aromatic carbocycles. The summed E-state index contributed by atoms with van der Waals surface area (Å²) in [5, 5.41) is 2.85. The number of carbonyl (C=O) groups excluding carboxylic acids is 1. The molecule has 6 nitrogen and oxygen atoms in total. The van der Waals surface area contributed by atoms with Crippen molar-refractivity contribution in [2.75, 3.05) is 18.6 Å². The summed E-state index contributed by atoms with van der Waals surface area (Å²) in [7, 11) is 0. The molecule has 2 rings (SSSR count). The quantitative estimate of drug-likeness (QED) is 0.490. The highest BCUT2D eigenvalue weighted by molar-refractivity contribution is 5.93. The summed E-state index contributed by atoms with van der Waals surface area (Å²) < 4.78 is 5.17. The first kappa shape index (κ1) is 10.8. The van der Waals surface area contributed by atoms with Gasteiger partial charge in [0, 0.05) is 12.8 Å². The third-order valence-electron chi connectivity index (χ3n) is 2.42. The maximum absolute atomic E-state index is 11.8. The standard InChI is InChI=1S/C10H14N4O2/c11-14-7-1-3-12-9(5-7)10(15)13-8-2-4-16-6-8/h1,3,5,8H,2,4,6,11H2,(H,12,14)(H,13,15). The molecule has 0 saturated carbocycles. The van der Waals surface area contributed by atoms with Gasteiger partial charge in [-0.25, -0.2) is 0 Å². The maximum Gasteiger partial charge on any atom is 0.270 e. The van der Waals surface area contributed by atoms with Crippen molar-refractivity contribution < 1.29 is 9.53 Å². The Balaban J connectivity index is 2.01. The molecule has 0 radical (unpaired) electrons. The van der Waals surface area contributed by atoms with E-state index in [1.807, 2.05) is 0 Å². The lowest BCUT2D eigenvalue weighted by Gasteiger charge is -2.10. The second-order valence-electron chi connectivity index (χ2n) is 3.61. The van der Waals surface area contributed by atoms with Crippen LogP contribution in [0.2, 0.25) is 0 Å². The van der Waals surface area contributed by atoms with Gasteiger partial charge in [0.15, 0.2) is 0 Å². The van der Waals surface area contributed by atoms with E-state index in [0.717, 1.165) is 6.42 Å². The largest absolute Gasteiger partial charge is 0.379 e. The number of carbonyl (C=O) groups is 1. The molecule has 4 N–H and O–H groups in total. The lowest BCUT2D eigenvalue weighted by Crippen LogP contribution is -2.35. The lowest BCUT2D eigenvalue weighted by molar-refractivity contribution is 0.0925. The van der Waals surface area contributed by atoms with E-state index in [1.54, 1.807) is 12.1 Å². The lowest BCUT2D eigenvalue weighted by atomic mass is 10.2. The molecule has 1 fully saturated rings. The van der Waals surface area contributed by atoms with E-state index >= 15 is 0 Å². The summed E-state index contributed by atoms with van der Waals surface area (Å²) in [6, 6.07) is 3.38. The average molecular weight is 222 g/mol. The fourth-order valence-corrected chi connectivity index (χ4v) is 1.55. The average Bonchev–Trinajstić information content (AvgIpc) is 2.82. The molecular weight excluding hydrogens is 208 g/mol. The van der Waals surface area contributed by atoms with Gasteiger partial charge in [0.05, 0.1) is 18.3 Å². The second-order valence-corrected chi connectivity index (χ2v) is 3.61. The summed E-state index contributed by atoms with van der Waals surface area (Å²) in [5.74, 6) is 5.05. The Labute approximate surface area is 93.2 Å². The summed E-state index contributed by atoms with van der Waals surface area (Å²) in [6.07, 6.45) is 2.38. The third-order valence-corrected chi connectivity index (χ3v) is 2.42. The van der Waals surface area contributed by atoms with Crippen molar-refractivity contribution in [1.29, 1.82) is 0 Å². The molecule has 0 spiro atoms. The molecule has 6 heteroatoms. The van der Waals surface area contributed by atoms with Crippen molar-refractivity contribution in [3.8, 4) is 0 Å². The zero-order chi connectivity index (χ0) is 11.4.